The molecule has 0 atom stereocenters. The average Bonchev–Trinajstić information content (AvgIpc) is 2.42. The van der Waals surface area contributed by atoms with Gasteiger partial charge in [0.05, 0.1) is 19.4 Å². The molecule has 1 amide bonds. The molecule has 0 spiro atoms. The number of ether oxygens (including phenoxy) is 1. The van der Waals surface area contributed by atoms with Crippen LogP contribution >= 0.6 is 0 Å². The Labute approximate surface area is 117 Å². The standard InChI is InChI=1S/C14H15N3O3/c1-3-4-11-7-10(8-12(20-2)14(11)19)9-16-17-13(18)5-6-15/h3,7-9,19H,1,4-5H2,2H3,(H,17,18)/b16-9-. The van der Waals surface area contributed by atoms with Gasteiger partial charge in [0.15, 0.2) is 11.5 Å². The van der Waals surface area contributed by atoms with Crippen molar-refractivity contribution in [3.05, 3.63) is 35.9 Å². The van der Waals surface area contributed by atoms with E-state index < -0.39 is 5.91 Å². The monoisotopic (exact) mass is 273 g/mol. The Bertz CT molecular complexity index is 574. The fourth-order valence-corrected chi connectivity index (χ4v) is 1.52. The van der Waals surface area contributed by atoms with Gasteiger partial charge in [0.25, 0.3) is 5.91 Å². The van der Waals surface area contributed by atoms with E-state index in [9.17, 15) is 9.90 Å². The Morgan fingerprint density at radius 2 is 2.40 bits per heavy atom. The zero-order valence-electron chi connectivity index (χ0n) is 11.1. The summed E-state index contributed by atoms with van der Waals surface area (Å²) in [5.41, 5.74) is 3.51. The van der Waals surface area contributed by atoms with Crippen LogP contribution in [0, 0.1) is 11.3 Å². The number of rotatable bonds is 6. The number of nitriles is 1. The quantitative estimate of drug-likeness (QED) is 0.466. The Hall–Kier alpha value is -2.81. The third-order valence-corrected chi connectivity index (χ3v) is 2.40. The normalized spacial score (nSPS) is 10.0. The Balaban J connectivity index is 2.92. The first-order valence-electron chi connectivity index (χ1n) is 5.82. The number of methoxy groups -OCH3 is 1. The summed E-state index contributed by atoms with van der Waals surface area (Å²) in [4.78, 5) is 11.1. The number of aromatic hydroxyl groups is 1. The summed E-state index contributed by atoms with van der Waals surface area (Å²) in [6, 6.07) is 5.01. The van der Waals surface area contributed by atoms with E-state index in [1.54, 1.807) is 24.3 Å². The van der Waals surface area contributed by atoms with Crippen molar-refractivity contribution >= 4 is 12.1 Å². The molecule has 0 unspecified atom stereocenters. The van der Waals surface area contributed by atoms with Gasteiger partial charge in [-0.2, -0.15) is 10.4 Å². The van der Waals surface area contributed by atoms with Gasteiger partial charge in [0.1, 0.15) is 6.42 Å². The molecule has 0 saturated heterocycles. The van der Waals surface area contributed by atoms with Gasteiger partial charge in [0, 0.05) is 5.56 Å². The maximum Gasteiger partial charge on any atom is 0.254 e. The number of nitrogens with zero attached hydrogens (tertiary/aromatic N) is 2. The number of allylic oxidation sites excluding steroid dienone is 1. The van der Waals surface area contributed by atoms with Crippen LogP contribution in [0.15, 0.2) is 29.9 Å². The molecule has 0 aromatic heterocycles. The van der Waals surface area contributed by atoms with Gasteiger partial charge < -0.3 is 9.84 Å². The number of hydrogen-bond donors (Lipinski definition) is 2. The summed E-state index contributed by atoms with van der Waals surface area (Å²) < 4.78 is 5.06. The lowest BCUT2D eigenvalue weighted by Crippen LogP contribution is -2.16. The van der Waals surface area contributed by atoms with E-state index in [4.69, 9.17) is 10.00 Å². The zero-order valence-corrected chi connectivity index (χ0v) is 11.1. The van der Waals surface area contributed by atoms with Crippen LogP contribution in [0.1, 0.15) is 17.5 Å². The smallest absolute Gasteiger partial charge is 0.254 e. The molecule has 6 nitrogen and oxygen atoms in total. The van der Waals surface area contributed by atoms with Crippen LogP contribution in [0.25, 0.3) is 0 Å². The molecule has 0 aliphatic carbocycles. The number of phenols is 1. The molecule has 0 radical (unpaired) electrons. The molecule has 0 aliphatic heterocycles. The van der Waals surface area contributed by atoms with Crippen LogP contribution in [0.2, 0.25) is 0 Å². The second-order valence-electron chi connectivity index (χ2n) is 3.85. The van der Waals surface area contributed by atoms with E-state index >= 15 is 0 Å². The van der Waals surface area contributed by atoms with Crippen molar-refractivity contribution in [2.45, 2.75) is 12.8 Å². The van der Waals surface area contributed by atoms with E-state index in [1.807, 2.05) is 0 Å². The fourth-order valence-electron chi connectivity index (χ4n) is 1.52. The van der Waals surface area contributed by atoms with E-state index in [0.29, 0.717) is 23.3 Å². The lowest BCUT2D eigenvalue weighted by molar-refractivity contribution is -0.120. The van der Waals surface area contributed by atoms with Gasteiger partial charge in [-0.3, -0.25) is 4.79 Å². The van der Waals surface area contributed by atoms with E-state index in [0.717, 1.165) is 0 Å². The van der Waals surface area contributed by atoms with Crippen molar-refractivity contribution in [3.63, 3.8) is 0 Å². The number of amides is 1. The molecular formula is C14H15N3O3. The van der Waals surface area contributed by atoms with Gasteiger partial charge in [-0.15, -0.1) is 6.58 Å². The van der Waals surface area contributed by atoms with Gasteiger partial charge in [-0.25, -0.2) is 5.43 Å². The highest BCUT2D eigenvalue weighted by Crippen LogP contribution is 2.31. The molecule has 1 aromatic rings. The first kappa shape index (κ1) is 15.2. The zero-order chi connectivity index (χ0) is 15.0. The van der Waals surface area contributed by atoms with Crippen molar-refractivity contribution in [1.82, 2.24) is 5.43 Å². The van der Waals surface area contributed by atoms with Gasteiger partial charge >= 0.3 is 0 Å². The molecule has 1 aromatic carbocycles. The van der Waals surface area contributed by atoms with Crippen LogP contribution in [0.3, 0.4) is 0 Å². The van der Waals surface area contributed by atoms with Crippen LogP contribution in [0.4, 0.5) is 0 Å². The lowest BCUT2D eigenvalue weighted by Gasteiger charge is -2.09. The molecule has 0 saturated carbocycles. The lowest BCUT2D eigenvalue weighted by atomic mass is 10.1. The van der Waals surface area contributed by atoms with E-state index in [1.165, 1.54) is 13.3 Å². The Morgan fingerprint density at radius 3 is 3.00 bits per heavy atom. The molecule has 2 N–H and O–H groups in total. The van der Waals surface area contributed by atoms with Crippen molar-refractivity contribution in [2.24, 2.45) is 5.10 Å². The van der Waals surface area contributed by atoms with Crippen molar-refractivity contribution in [2.75, 3.05) is 7.11 Å². The number of carbonyl (C=O) groups is 1. The summed E-state index contributed by atoms with van der Waals surface area (Å²) in [7, 11) is 1.45. The number of carbonyl (C=O) groups excluding carboxylic acids is 1. The largest absolute Gasteiger partial charge is 0.504 e. The molecule has 0 fully saturated rings. The predicted octanol–water partition coefficient (Wildman–Crippen LogP) is 1.49. The maximum atomic E-state index is 11.1. The maximum absolute atomic E-state index is 11.1. The molecule has 6 heteroatoms. The van der Waals surface area contributed by atoms with Gasteiger partial charge in [0.2, 0.25) is 0 Å². The average molecular weight is 273 g/mol. The summed E-state index contributed by atoms with van der Waals surface area (Å²) in [6.07, 6.45) is 3.29. The number of nitrogens with one attached hydrogen (secondary N) is 1. The minimum absolute atomic E-state index is 0.0538. The SMILES string of the molecule is C=CCc1cc(/C=N\NC(=O)CC#N)cc(OC)c1O. The molecule has 0 heterocycles. The van der Waals surface area contributed by atoms with E-state index in [-0.39, 0.29) is 12.2 Å². The van der Waals surface area contributed by atoms with Gasteiger partial charge in [-0.1, -0.05) is 6.08 Å². The van der Waals surface area contributed by atoms with Crippen LogP contribution < -0.4 is 10.2 Å². The van der Waals surface area contributed by atoms with E-state index in [2.05, 4.69) is 17.1 Å². The first-order valence-corrected chi connectivity index (χ1v) is 5.82. The Kier molecular flexibility index (Phi) is 5.78. The third kappa shape index (κ3) is 4.14. The number of hydrazone groups is 1. The van der Waals surface area contributed by atoms with Crippen LogP contribution in [-0.2, 0) is 11.2 Å². The minimum Gasteiger partial charge on any atom is -0.504 e. The molecular weight excluding hydrogens is 258 g/mol. The van der Waals surface area contributed by atoms with Crippen molar-refractivity contribution < 1.29 is 14.6 Å². The summed E-state index contributed by atoms with van der Waals surface area (Å²) >= 11 is 0. The third-order valence-electron chi connectivity index (χ3n) is 2.40. The van der Waals surface area contributed by atoms with Gasteiger partial charge in [-0.05, 0) is 24.1 Å². The molecule has 104 valence electrons. The summed E-state index contributed by atoms with van der Waals surface area (Å²) in [6.45, 7) is 3.61. The number of hydrogen-bond acceptors (Lipinski definition) is 5. The van der Waals surface area contributed by atoms with Crippen molar-refractivity contribution in [3.8, 4) is 17.6 Å². The molecule has 1 rings (SSSR count). The minimum atomic E-state index is -0.485. The second kappa shape index (κ2) is 7.59. The highest BCUT2D eigenvalue weighted by molar-refractivity contribution is 5.84. The first-order chi connectivity index (χ1) is 9.62. The van der Waals surface area contributed by atoms with Crippen LogP contribution in [0.5, 0.6) is 11.5 Å². The van der Waals surface area contributed by atoms with Crippen molar-refractivity contribution in [1.29, 1.82) is 5.26 Å². The summed E-state index contributed by atoms with van der Waals surface area (Å²) in [5, 5.41) is 22.0. The fraction of sp³-hybridized carbons (Fsp3) is 0.214. The Morgan fingerprint density at radius 1 is 1.65 bits per heavy atom. The topological polar surface area (TPSA) is 94.7 Å². The predicted molar refractivity (Wildman–Crippen MR) is 74.5 cm³/mol. The molecule has 0 aliphatic rings. The highest BCUT2D eigenvalue weighted by atomic mass is 16.5. The number of phenolic OH excluding ortho intramolecular Hbond substituents is 1. The highest BCUT2D eigenvalue weighted by Gasteiger charge is 2.08. The molecule has 20 heavy (non-hydrogen) atoms. The number of benzene rings is 1. The van der Waals surface area contributed by atoms with Crippen LogP contribution in [-0.4, -0.2) is 24.3 Å². The second-order valence-corrected chi connectivity index (χ2v) is 3.85. The summed E-state index contributed by atoms with van der Waals surface area (Å²) in [5.74, 6) is -0.118. The molecule has 0 bridgehead atoms.